The molecule has 0 aliphatic carbocycles. The van der Waals surface area contributed by atoms with Crippen LogP contribution in [0.2, 0.25) is 0 Å². The average molecular weight is 306 g/mol. The summed E-state index contributed by atoms with van der Waals surface area (Å²) in [5, 5.41) is 0. The Kier molecular flexibility index (Phi) is 4.12. The Morgan fingerprint density at radius 2 is 1.95 bits per heavy atom. The van der Waals surface area contributed by atoms with Crippen LogP contribution in [0.3, 0.4) is 0 Å². The number of hydrogen-bond acceptors (Lipinski definition) is 5. The molecule has 6 heteroatoms. The van der Waals surface area contributed by atoms with Crippen LogP contribution in [-0.2, 0) is 0 Å². The Balaban J connectivity index is 1.68. The van der Waals surface area contributed by atoms with Crippen molar-refractivity contribution in [1.29, 1.82) is 0 Å². The van der Waals surface area contributed by atoms with Crippen molar-refractivity contribution in [2.45, 2.75) is 37.6 Å². The lowest BCUT2D eigenvalue weighted by molar-refractivity contribution is 0.0718. The van der Waals surface area contributed by atoms with Crippen LogP contribution >= 0.6 is 0 Å². The van der Waals surface area contributed by atoms with E-state index in [1.54, 1.807) is 11.1 Å². The summed E-state index contributed by atoms with van der Waals surface area (Å²) in [4.78, 5) is 23.0. The lowest BCUT2D eigenvalue weighted by Crippen LogP contribution is -2.42. The molecule has 0 radical (unpaired) electrons. The first-order valence-corrected chi connectivity index (χ1v) is 8.15. The third-order valence-corrected chi connectivity index (χ3v) is 5.24. The molecule has 6 nitrogen and oxygen atoms in total. The summed E-state index contributed by atoms with van der Waals surface area (Å²) in [6, 6.07) is 0.477. The normalized spacial score (nSPS) is 26.4. The standard InChI is InChI=1S/C16H26N4O2/c1-18(2)15-17-12-13(22-15)14(21)20-10-5-7-16(8-11-20)6-4-9-19(16)3/h12H,4-11H2,1-3H3/t16-/m1/s1. The van der Waals surface area contributed by atoms with Gasteiger partial charge in [0, 0.05) is 32.7 Å². The van der Waals surface area contributed by atoms with Gasteiger partial charge in [-0.3, -0.25) is 4.79 Å². The molecule has 3 heterocycles. The number of carbonyl (C=O) groups excluding carboxylic acids is 1. The van der Waals surface area contributed by atoms with Crippen LogP contribution < -0.4 is 4.90 Å². The third kappa shape index (κ3) is 2.72. The lowest BCUT2D eigenvalue weighted by atomic mass is 9.88. The lowest BCUT2D eigenvalue weighted by Gasteiger charge is -2.35. The Bertz CT molecular complexity index is 542. The van der Waals surface area contributed by atoms with E-state index in [2.05, 4.69) is 16.9 Å². The molecule has 1 aromatic rings. The summed E-state index contributed by atoms with van der Waals surface area (Å²) < 4.78 is 5.55. The number of oxazole rings is 1. The quantitative estimate of drug-likeness (QED) is 0.834. The van der Waals surface area contributed by atoms with Gasteiger partial charge in [0.1, 0.15) is 0 Å². The first kappa shape index (κ1) is 15.3. The van der Waals surface area contributed by atoms with Crippen molar-refractivity contribution < 1.29 is 9.21 Å². The van der Waals surface area contributed by atoms with Crippen LogP contribution in [0.25, 0.3) is 0 Å². The molecule has 0 saturated carbocycles. The van der Waals surface area contributed by atoms with E-state index >= 15 is 0 Å². The Hall–Kier alpha value is -1.56. The van der Waals surface area contributed by atoms with E-state index in [4.69, 9.17) is 4.42 Å². The molecule has 122 valence electrons. The number of hydrogen-bond donors (Lipinski definition) is 0. The van der Waals surface area contributed by atoms with E-state index in [0.717, 1.165) is 25.9 Å². The molecule has 0 N–H and O–H groups in total. The van der Waals surface area contributed by atoms with Crippen molar-refractivity contribution in [3.63, 3.8) is 0 Å². The number of likely N-dealkylation sites (tertiary alicyclic amines) is 2. The summed E-state index contributed by atoms with van der Waals surface area (Å²) in [6.07, 6.45) is 7.39. The molecule has 1 aromatic heterocycles. The van der Waals surface area contributed by atoms with Gasteiger partial charge in [0.2, 0.25) is 5.76 Å². The molecular weight excluding hydrogens is 280 g/mol. The van der Waals surface area contributed by atoms with Gasteiger partial charge in [-0.2, -0.15) is 0 Å². The second-order valence-corrected chi connectivity index (χ2v) is 6.80. The van der Waals surface area contributed by atoms with Crippen LogP contribution in [0.1, 0.15) is 42.7 Å². The van der Waals surface area contributed by atoms with Gasteiger partial charge in [0.15, 0.2) is 0 Å². The molecule has 1 amide bonds. The molecule has 2 saturated heterocycles. The second kappa shape index (κ2) is 5.91. The fourth-order valence-corrected chi connectivity index (χ4v) is 3.81. The predicted molar refractivity (Wildman–Crippen MR) is 85.2 cm³/mol. The van der Waals surface area contributed by atoms with Gasteiger partial charge in [0.25, 0.3) is 11.9 Å². The average Bonchev–Trinajstić information content (AvgIpc) is 3.04. The van der Waals surface area contributed by atoms with Crippen LogP contribution in [0, 0.1) is 0 Å². The fourth-order valence-electron chi connectivity index (χ4n) is 3.81. The molecule has 3 rings (SSSR count). The van der Waals surface area contributed by atoms with E-state index in [1.165, 1.54) is 25.8 Å². The third-order valence-electron chi connectivity index (χ3n) is 5.24. The largest absolute Gasteiger partial charge is 0.418 e. The topological polar surface area (TPSA) is 52.8 Å². The number of carbonyl (C=O) groups is 1. The highest BCUT2D eigenvalue weighted by molar-refractivity contribution is 5.91. The summed E-state index contributed by atoms with van der Waals surface area (Å²) >= 11 is 0. The SMILES string of the molecule is CN(C)c1ncc(C(=O)N2CCC[C@]3(CCCN3C)CC2)o1. The summed E-state index contributed by atoms with van der Waals surface area (Å²) in [5.41, 5.74) is 0.311. The first-order valence-electron chi connectivity index (χ1n) is 8.15. The van der Waals surface area contributed by atoms with Crippen molar-refractivity contribution >= 4 is 11.9 Å². The molecule has 0 unspecified atom stereocenters. The molecule has 1 spiro atoms. The van der Waals surface area contributed by atoms with Gasteiger partial charge in [-0.1, -0.05) is 0 Å². The van der Waals surface area contributed by atoms with E-state index < -0.39 is 0 Å². The Labute approximate surface area is 132 Å². The minimum absolute atomic E-state index is 0.0294. The smallest absolute Gasteiger partial charge is 0.297 e. The maximum absolute atomic E-state index is 12.6. The van der Waals surface area contributed by atoms with Crippen LogP contribution in [-0.4, -0.2) is 67.0 Å². The van der Waals surface area contributed by atoms with Crippen LogP contribution in [0.5, 0.6) is 0 Å². The fraction of sp³-hybridized carbons (Fsp3) is 0.750. The summed E-state index contributed by atoms with van der Waals surface area (Å²) in [6.45, 7) is 2.80. The monoisotopic (exact) mass is 306 g/mol. The highest BCUT2D eigenvalue weighted by atomic mass is 16.4. The highest BCUT2D eigenvalue weighted by Gasteiger charge is 2.40. The Morgan fingerprint density at radius 1 is 1.23 bits per heavy atom. The minimum Gasteiger partial charge on any atom is -0.418 e. The zero-order valence-corrected chi connectivity index (χ0v) is 13.8. The molecular formula is C16H26N4O2. The van der Waals surface area contributed by atoms with E-state index in [9.17, 15) is 4.79 Å². The van der Waals surface area contributed by atoms with Crippen molar-refractivity contribution in [1.82, 2.24) is 14.8 Å². The molecule has 22 heavy (non-hydrogen) atoms. The van der Waals surface area contributed by atoms with Crippen LogP contribution in [0.4, 0.5) is 6.01 Å². The molecule has 2 aliphatic heterocycles. The molecule has 0 aromatic carbocycles. The van der Waals surface area contributed by atoms with Crippen LogP contribution in [0.15, 0.2) is 10.6 Å². The van der Waals surface area contributed by atoms with Gasteiger partial charge in [-0.25, -0.2) is 4.98 Å². The number of nitrogens with zero attached hydrogens (tertiary/aromatic N) is 4. The van der Waals surface area contributed by atoms with Gasteiger partial charge >= 0.3 is 0 Å². The molecule has 2 fully saturated rings. The number of anilines is 1. The summed E-state index contributed by atoms with van der Waals surface area (Å²) in [5.74, 6) is 0.317. The predicted octanol–water partition coefficient (Wildman–Crippen LogP) is 1.83. The second-order valence-electron chi connectivity index (χ2n) is 6.80. The molecule has 1 atom stereocenters. The number of amides is 1. The Morgan fingerprint density at radius 3 is 2.55 bits per heavy atom. The van der Waals surface area contributed by atoms with Crippen molar-refractivity contribution in [3.8, 4) is 0 Å². The van der Waals surface area contributed by atoms with Gasteiger partial charge in [-0.05, 0) is 45.7 Å². The number of aromatic nitrogens is 1. The number of rotatable bonds is 2. The summed E-state index contributed by atoms with van der Waals surface area (Å²) in [7, 11) is 5.93. The van der Waals surface area contributed by atoms with E-state index in [-0.39, 0.29) is 5.91 Å². The first-order chi connectivity index (χ1) is 10.5. The highest BCUT2D eigenvalue weighted by Crippen LogP contribution is 2.37. The molecule has 2 aliphatic rings. The van der Waals surface area contributed by atoms with Crippen molar-refractivity contribution in [3.05, 3.63) is 12.0 Å². The van der Waals surface area contributed by atoms with Crippen molar-refractivity contribution in [2.24, 2.45) is 0 Å². The van der Waals surface area contributed by atoms with E-state index in [1.807, 2.05) is 19.0 Å². The van der Waals surface area contributed by atoms with Gasteiger partial charge in [-0.15, -0.1) is 0 Å². The minimum atomic E-state index is -0.0294. The zero-order valence-electron chi connectivity index (χ0n) is 13.8. The zero-order chi connectivity index (χ0) is 15.7. The van der Waals surface area contributed by atoms with E-state index in [0.29, 0.717) is 17.3 Å². The maximum atomic E-state index is 12.6. The van der Waals surface area contributed by atoms with Gasteiger partial charge < -0.3 is 19.1 Å². The van der Waals surface area contributed by atoms with Crippen molar-refractivity contribution in [2.75, 3.05) is 45.7 Å². The molecule has 0 bridgehead atoms. The maximum Gasteiger partial charge on any atom is 0.297 e. The van der Waals surface area contributed by atoms with Gasteiger partial charge in [0.05, 0.1) is 6.20 Å².